The van der Waals surface area contributed by atoms with E-state index in [1.54, 1.807) is 13.3 Å². The third-order valence-corrected chi connectivity index (χ3v) is 2.74. The van der Waals surface area contributed by atoms with Gasteiger partial charge >= 0.3 is 0 Å². The van der Waals surface area contributed by atoms with Gasteiger partial charge in [-0.25, -0.2) is 4.98 Å². The summed E-state index contributed by atoms with van der Waals surface area (Å²) in [6.45, 7) is 4.16. The van der Waals surface area contributed by atoms with Crippen molar-refractivity contribution in [3.8, 4) is 5.88 Å². The Kier molecular flexibility index (Phi) is 3.50. The van der Waals surface area contributed by atoms with Crippen LogP contribution in [0.5, 0.6) is 5.88 Å². The Labute approximate surface area is 93.0 Å². The molecule has 0 atom stereocenters. The summed E-state index contributed by atoms with van der Waals surface area (Å²) >= 11 is 3.40. The summed E-state index contributed by atoms with van der Waals surface area (Å²) in [7, 11) is 3.55. The lowest BCUT2D eigenvalue weighted by Crippen LogP contribution is -2.33. The van der Waals surface area contributed by atoms with Crippen molar-refractivity contribution in [2.45, 2.75) is 19.4 Å². The lowest BCUT2D eigenvalue weighted by molar-refractivity contribution is 0.361. The fourth-order valence-electron chi connectivity index (χ4n) is 1.17. The molecule has 0 aliphatic rings. The van der Waals surface area contributed by atoms with Gasteiger partial charge in [0.2, 0.25) is 5.88 Å². The topological polar surface area (TPSA) is 34.2 Å². The number of rotatable bonds is 3. The highest BCUT2D eigenvalue weighted by Crippen LogP contribution is 2.29. The molecule has 0 amide bonds. The number of hydrogen-bond acceptors (Lipinski definition) is 3. The van der Waals surface area contributed by atoms with Gasteiger partial charge in [0, 0.05) is 21.8 Å². The van der Waals surface area contributed by atoms with Crippen LogP contribution < -0.4 is 10.1 Å². The van der Waals surface area contributed by atoms with Crippen molar-refractivity contribution in [3.63, 3.8) is 0 Å². The smallest absolute Gasteiger partial charge is 0.218 e. The highest BCUT2D eigenvalue weighted by atomic mass is 79.9. The van der Waals surface area contributed by atoms with Crippen molar-refractivity contribution >= 4 is 15.9 Å². The van der Waals surface area contributed by atoms with Crippen LogP contribution in [-0.2, 0) is 5.54 Å². The second-order valence-corrected chi connectivity index (χ2v) is 4.50. The van der Waals surface area contributed by atoms with Crippen LogP contribution in [-0.4, -0.2) is 19.1 Å². The molecule has 1 aromatic rings. The standard InChI is InChI=1S/C10H15BrN2O/c1-10(2,12-3)8-5-7(11)6-13-9(8)14-4/h5-6,12H,1-4H3. The van der Waals surface area contributed by atoms with Gasteiger partial charge in [-0.1, -0.05) is 0 Å². The SMILES string of the molecule is CNC(C)(C)c1cc(Br)cnc1OC. The molecule has 1 aromatic heterocycles. The summed E-state index contributed by atoms with van der Waals surface area (Å²) in [4.78, 5) is 4.20. The van der Waals surface area contributed by atoms with Crippen molar-refractivity contribution in [1.82, 2.24) is 10.3 Å². The van der Waals surface area contributed by atoms with Crippen LogP contribution in [0.2, 0.25) is 0 Å². The van der Waals surface area contributed by atoms with E-state index in [-0.39, 0.29) is 5.54 Å². The van der Waals surface area contributed by atoms with E-state index in [0.717, 1.165) is 10.0 Å². The molecular formula is C10H15BrN2O. The number of ether oxygens (including phenoxy) is 1. The molecule has 0 aliphatic heterocycles. The first-order valence-corrected chi connectivity index (χ1v) is 5.19. The van der Waals surface area contributed by atoms with Gasteiger partial charge in [-0.2, -0.15) is 0 Å². The molecule has 0 bridgehead atoms. The molecule has 3 nitrogen and oxygen atoms in total. The number of nitrogens with one attached hydrogen (secondary N) is 1. The van der Waals surface area contributed by atoms with Gasteiger partial charge in [-0.15, -0.1) is 0 Å². The number of pyridine rings is 1. The number of hydrogen-bond donors (Lipinski definition) is 1. The lowest BCUT2D eigenvalue weighted by Gasteiger charge is -2.25. The predicted octanol–water partition coefficient (Wildman–Crippen LogP) is 2.31. The fourth-order valence-corrected chi connectivity index (χ4v) is 1.50. The molecule has 0 spiro atoms. The van der Waals surface area contributed by atoms with Crippen LogP contribution >= 0.6 is 15.9 Å². The summed E-state index contributed by atoms with van der Waals surface area (Å²) in [6.07, 6.45) is 1.73. The average molecular weight is 259 g/mol. The maximum atomic E-state index is 5.22. The molecule has 0 unspecified atom stereocenters. The normalized spacial score (nSPS) is 11.5. The number of nitrogens with zero attached hydrogens (tertiary/aromatic N) is 1. The molecular weight excluding hydrogens is 244 g/mol. The van der Waals surface area contributed by atoms with Crippen molar-refractivity contribution in [2.24, 2.45) is 0 Å². The monoisotopic (exact) mass is 258 g/mol. The van der Waals surface area contributed by atoms with Gasteiger partial charge in [-0.3, -0.25) is 0 Å². The molecule has 1 N–H and O–H groups in total. The summed E-state index contributed by atoms with van der Waals surface area (Å²) in [5.41, 5.74) is 0.888. The molecule has 0 radical (unpaired) electrons. The van der Waals surface area contributed by atoms with E-state index in [1.165, 1.54) is 0 Å². The summed E-state index contributed by atoms with van der Waals surface area (Å²) in [6, 6.07) is 2.02. The molecule has 0 saturated carbocycles. The van der Waals surface area contributed by atoms with Crippen molar-refractivity contribution in [1.29, 1.82) is 0 Å². The Hall–Kier alpha value is -0.610. The summed E-state index contributed by atoms with van der Waals surface area (Å²) < 4.78 is 6.17. The zero-order chi connectivity index (χ0) is 10.8. The fraction of sp³-hybridized carbons (Fsp3) is 0.500. The second kappa shape index (κ2) is 4.28. The average Bonchev–Trinajstić information content (AvgIpc) is 2.18. The van der Waals surface area contributed by atoms with Crippen LogP contribution in [0.25, 0.3) is 0 Å². The quantitative estimate of drug-likeness (QED) is 0.904. The van der Waals surface area contributed by atoms with E-state index in [9.17, 15) is 0 Å². The second-order valence-electron chi connectivity index (χ2n) is 3.59. The molecule has 0 saturated heterocycles. The van der Waals surface area contributed by atoms with Gasteiger partial charge in [0.15, 0.2) is 0 Å². The van der Waals surface area contributed by atoms with Gasteiger partial charge in [0.1, 0.15) is 0 Å². The van der Waals surface area contributed by atoms with Gasteiger partial charge in [0.25, 0.3) is 0 Å². The molecule has 4 heteroatoms. The molecule has 1 heterocycles. The molecule has 0 aromatic carbocycles. The molecule has 78 valence electrons. The Morgan fingerprint density at radius 3 is 2.64 bits per heavy atom. The van der Waals surface area contributed by atoms with Gasteiger partial charge in [0.05, 0.1) is 7.11 Å². The third kappa shape index (κ3) is 2.25. The lowest BCUT2D eigenvalue weighted by atomic mass is 9.96. The highest BCUT2D eigenvalue weighted by molar-refractivity contribution is 9.10. The van der Waals surface area contributed by atoms with Crippen molar-refractivity contribution in [2.75, 3.05) is 14.2 Å². The minimum atomic E-state index is -0.151. The van der Waals surface area contributed by atoms with E-state index in [0.29, 0.717) is 5.88 Å². The van der Waals surface area contributed by atoms with E-state index >= 15 is 0 Å². The largest absolute Gasteiger partial charge is 0.481 e. The minimum Gasteiger partial charge on any atom is -0.481 e. The maximum Gasteiger partial charge on any atom is 0.218 e. The number of methoxy groups -OCH3 is 1. The van der Waals surface area contributed by atoms with Crippen LogP contribution in [0, 0.1) is 0 Å². The molecule has 0 fully saturated rings. The maximum absolute atomic E-state index is 5.22. The number of aromatic nitrogens is 1. The van der Waals surface area contributed by atoms with Gasteiger partial charge < -0.3 is 10.1 Å². The van der Waals surface area contributed by atoms with Crippen molar-refractivity contribution in [3.05, 3.63) is 22.3 Å². The Balaban J connectivity index is 3.23. The number of halogens is 1. The first-order chi connectivity index (χ1) is 6.51. The van der Waals surface area contributed by atoms with E-state index in [4.69, 9.17) is 4.74 Å². The highest BCUT2D eigenvalue weighted by Gasteiger charge is 2.23. The van der Waals surface area contributed by atoms with Gasteiger partial charge in [-0.05, 0) is 42.9 Å². The summed E-state index contributed by atoms with van der Waals surface area (Å²) in [5.74, 6) is 0.660. The van der Waals surface area contributed by atoms with E-state index in [2.05, 4.69) is 40.1 Å². The van der Waals surface area contributed by atoms with Crippen LogP contribution in [0.15, 0.2) is 16.7 Å². The van der Waals surface area contributed by atoms with E-state index < -0.39 is 0 Å². The first kappa shape index (κ1) is 11.5. The Bertz CT molecular complexity index is 326. The Morgan fingerprint density at radius 2 is 2.14 bits per heavy atom. The third-order valence-electron chi connectivity index (χ3n) is 2.31. The molecule has 14 heavy (non-hydrogen) atoms. The summed E-state index contributed by atoms with van der Waals surface area (Å²) in [5, 5.41) is 3.22. The van der Waals surface area contributed by atoms with Crippen LogP contribution in [0.1, 0.15) is 19.4 Å². The van der Waals surface area contributed by atoms with Crippen molar-refractivity contribution < 1.29 is 4.74 Å². The molecule has 1 rings (SSSR count). The first-order valence-electron chi connectivity index (χ1n) is 4.40. The Morgan fingerprint density at radius 1 is 1.50 bits per heavy atom. The predicted molar refractivity (Wildman–Crippen MR) is 60.6 cm³/mol. The van der Waals surface area contributed by atoms with Crippen LogP contribution in [0.4, 0.5) is 0 Å². The zero-order valence-corrected chi connectivity index (χ0v) is 10.5. The zero-order valence-electron chi connectivity index (χ0n) is 8.89. The minimum absolute atomic E-state index is 0.151. The molecule has 0 aliphatic carbocycles. The van der Waals surface area contributed by atoms with Crippen LogP contribution in [0.3, 0.4) is 0 Å². The van der Waals surface area contributed by atoms with E-state index in [1.807, 2.05) is 13.1 Å².